The van der Waals surface area contributed by atoms with Crippen LogP contribution in [0.25, 0.3) is 0 Å². The molecule has 2 heterocycles. The standard InChI is InChI=1S/C16H19N3O5S/c1-25(23,24)18-8-4-7-17(9-10-18)14(20)11-19-15(21)12-5-2-3-6-13(12)16(19)22/h2-3,5-6H,4,7-11H2,1H3. The molecule has 2 aliphatic rings. The zero-order valence-corrected chi connectivity index (χ0v) is 14.7. The van der Waals surface area contributed by atoms with Crippen molar-refractivity contribution < 1.29 is 22.8 Å². The van der Waals surface area contributed by atoms with E-state index in [1.54, 1.807) is 24.3 Å². The van der Waals surface area contributed by atoms with Crippen molar-refractivity contribution in [3.8, 4) is 0 Å². The number of hydrogen-bond acceptors (Lipinski definition) is 5. The third-order valence-corrected chi connectivity index (χ3v) is 5.75. The Morgan fingerprint density at radius 2 is 1.60 bits per heavy atom. The van der Waals surface area contributed by atoms with Gasteiger partial charge in [0.25, 0.3) is 11.8 Å². The third kappa shape index (κ3) is 3.42. The van der Waals surface area contributed by atoms with Crippen LogP contribution in [0.1, 0.15) is 27.1 Å². The van der Waals surface area contributed by atoms with Crippen LogP contribution in [0, 0.1) is 0 Å². The predicted octanol–water partition coefficient (Wildman–Crippen LogP) is -0.223. The van der Waals surface area contributed by atoms with Crippen LogP contribution < -0.4 is 0 Å². The molecule has 0 aliphatic carbocycles. The highest BCUT2D eigenvalue weighted by atomic mass is 32.2. The van der Waals surface area contributed by atoms with Crippen molar-refractivity contribution in [2.45, 2.75) is 6.42 Å². The van der Waals surface area contributed by atoms with E-state index in [-0.39, 0.29) is 25.5 Å². The molecule has 0 radical (unpaired) electrons. The van der Waals surface area contributed by atoms with Gasteiger partial charge in [0.15, 0.2) is 0 Å². The maximum absolute atomic E-state index is 12.5. The van der Waals surface area contributed by atoms with Crippen molar-refractivity contribution >= 4 is 27.7 Å². The van der Waals surface area contributed by atoms with E-state index in [1.165, 1.54) is 9.21 Å². The van der Waals surface area contributed by atoms with Gasteiger partial charge in [0, 0.05) is 26.2 Å². The number of nitrogens with zero attached hydrogens (tertiary/aromatic N) is 3. The average Bonchev–Trinajstić information content (AvgIpc) is 2.77. The van der Waals surface area contributed by atoms with E-state index >= 15 is 0 Å². The fraction of sp³-hybridized carbons (Fsp3) is 0.438. The number of amides is 3. The van der Waals surface area contributed by atoms with E-state index in [2.05, 4.69) is 0 Å². The molecule has 3 rings (SSSR count). The van der Waals surface area contributed by atoms with Crippen LogP contribution in [0.2, 0.25) is 0 Å². The van der Waals surface area contributed by atoms with Gasteiger partial charge in [-0.2, -0.15) is 0 Å². The smallest absolute Gasteiger partial charge is 0.262 e. The Labute approximate surface area is 146 Å². The largest absolute Gasteiger partial charge is 0.340 e. The summed E-state index contributed by atoms with van der Waals surface area (Å²) in [6.07, 6.45) is 1.66. The summed E-state index contributed by atoms with van der Waals surface area (Å²) in [6.45, 7) is 0.886. The third-order valence-electron chi connectivity index (χ3n) is 4.45. The highest BCUT2D eigenvalue weighted by molar-refractivity contribution is 7.88. The molecule has 1 aromatic carbocycles. The van der Waals surface area contributed by atoms with Crippen LogP contribution in [-0.2, 0) is 14.8 Å². The molecular formula is C16H19N3O5S. The van der Waals surface area contributed by atoms with E-state index in [4.69, 9.17) is 0 Å². The Morgan fingerprint density at radius 1 is 1.00 bits per heavy atom. The molecule has 25 heavy (non-hydrogen) atoms. The Balaban J connectivity index is 1.67. The number of carbonyl (C=O) groups excluding carboxylic acids is 3. The van der Waals surface area contributed by atoms with Gasteiger partial charge in [-0.25, -0.2) is 12.7 Å². The van der Waals surface area contributed by atoms with Crippen molar-refractivity contribution in [1.29, 1.82) is 0 Å². The number of sulfonamides is 1. The number of rotatable bonds is 3. The molecule has 9 heteroatoms. The van der Waals surface area contributed by atoms with Crippen molar-refractivity contribution in [2.24, 2.45) is 0 Å². The molecule has 3 amide bonds. The number of fused-ring (bicyclic) bond motifs is 1. The topological polar surface area (TPSA) is 95.1 Å². The molecule has 1 fully saturated rings. The van der Waals surface area contributed by atoms with Crippen LogP contribution in [0.15, 0.2) is 24.3 Å². The monoisotopic (exact) mass is 365 g/mol. The maximum atomic E-state index is 12.5. The maximum Gasteiger partial charge on any atom is 0.262 e. The summed E-state index contributed by atoms with van der Waals surface area (Å²) in [4.78, 5) is 39.6. The van der Waals surface area contributed by atoms with Gasteiger partial charge >= 0.3 is 0 Å². The van der Waals surface area contributed by atoms with Crippen molar-refractivity contribution in [2.75, 3.05) is 39.0 Å². The van der Waals surface area contributed by atoms with Crippen LogP contribution in [-0.4, -0.2) is 79.2 Å². The zero-order valence-electron chi connectivity index (χ0n) is 13.8. The van der Waals surface area contributed by atoms with Gasteiger partial charge in [0.1, 0.15) is 6.54 Å². The first-order valence-corrected chi connectivity index (χ1v) is 9.82. The summed E-state index contributed by atoms with van der Waals surface area (Å²) < 4.78 is 24.6. The molecule has 1 aromatic rings. The molecule has 1 saturated heterocycles. The van der Waals surface area contributed by atoms with E-state index in [0.717, 1.165) is 11.2 Å². The number of imide groups is 1. The molecule has 0 bridgehead atoms. The van der Waals surface area contributed by atoms with Gasteiger partial charge in [-0.15, -0.1) is 0 Å². The van der Waals surface area contributed by atoms with E-state index < -0.39 is 21.8 Å². The molecule has 134 valence electrons. The fourth-order valence-corrected chi connectivity index (χ4v) is 3.97. The van der Waals surface area contributed by atoms with Crippen LogP contribution in [0.5, 0.6) is 0 Å². The minimum atomic E-state index is -3.30. The molecular weight excluding hydrogens is 346 g/mol. The average molecular weight is 365 g/mol. The first-order valence-electron chi connectivity index (χ1n) is 7.97. The molecule has 0 N–H and O–H groups in total. The molecule has 0 atom stereocenters. The van der Waals surface area contributed by atoms with Crippen LogP contribution in [0.4, 0.5) is 0 Å². The quantitative estimate of drug-likeness (QED) is 0.690. The lowest BCUT2D eigenvalue weighted by molar-refractivity contribution is -0.131. The second kappa shape index (κ2) is 6.57. The van der Waals surface area contributed by atoms with Gasteiger partial charge in [0.2, 0.25) is 15.9 Å². The van der Waals surface area contributed by atoms with Crippen LogP contribution in [0.3, 0.4) is 0 Å². The van der Waals surface area contributed by atoms with E-state index in [9.17, 15) is 22.8 Å². The molecule has 8 nitrogen and oxygen atoms in total. The van der Waals surface area contributed by atoms with Gasteiger partial charge in [0.05, 0.1) is 17.4 Å². The Kier molecular flexibility index (Phi) is 4.61. The van der Waals surface area contributed by atoms with Gasteiger partial charge in [-0.05, 0) is 18.6 Å². The summed E-state index contributed by atoms with van der Waals surface area (Å²) in [5.74, 6) is -1.30. The second-order valence-corrected chi connectivity index (χ2v) is 8.12. The van der Waals surface area contributed by atoms with Crippen LogP contribution >= 0.6 is 0 Å². The van der Waals surface area contributed by atoms with E-state index in [0.29, 0.717) is 30.6 Å². The first-order chi connectivity index (χ1) is 11.8. The highest BCUT2D eigenvalue weighted by Crippen LogP contribution is 2.22. The number of hydrogen-bond donors (Lipinski definition) is 0. The normalized spacial score (nSPS) is 19.1. The summed E-state index contributed by atoms with van der Waals surface area (Å²) in [5, 5.41) is 0. The summed E-state index contributed by atoms with van der Waals surface area (Å²) >= 11 is 0. The SMILES string of the molecule is CS(=O)(=O)N1CCCN(C(=O)CN2C(=O)c3ccccc3C2=O)CC1. The minimum Gasteiger partial charge on any atom is -0.340 e. The summed E-state index contributed by atoms with van der Waals surface area (Å²) in [6, 6.07) is 6.47. The summed E-state index contributed by atoms with van der Waals surface area (Å²) in [7, 11) is -3.30. The molecule has 0 aromatic heterocycles. The molecule has 0 unspecified atom stereocenters. The Bertz CT molecular complexity index is 801. The number of benzene rings is 1. The van der Waals surface area contributed by atoms with Crippen molar-refractivity contribution in [3.05, 3.63) is 35.4 Å². The lowest BCUT2D eigenvalue weighted by atomic mass is 10.1. The van der Waals surface area contributed by atoms with Crippen molar-refractivity contribution in [3.63, 3.8) is 0 Å². The Morgan fingerprint density at radius 3 is 2.16 bits per heavy atom. The second-order valence-electron chi connectivity index (χ2n) is 6.14. The molecule has 0 saturated carbocycles. The highest BCUT2D eigenvalue weighted by Gasteiger charge is 2.37. The number of carbonyl (C=O) groups is 3. The Hall–Kier alpha value is -2.26. The lowest BCUT2D eigenvalue weighted by Gasteiger charge is -2.23. The van der Waals surface area contributed by atoms with Crippen molar-refractivity contribution in [1.82, 2.24) is 14.1 Å². The zero-order chi connectivity index (χ0) is 18.2. The molecule has 2 aliphatic heterocycles. The van der Waals surface area contributed by atoms with Gasteiger partial charge < -0.3 is 4.90 Å². The van der Waals surface area contributed by atoms with Gasteiger partial charge in [-0.1, -0.05) is 12.1 Å². The van der Waals surface area contributed by atoms with Gasteiger partial charge in [-0.3, -0.25) is 19.3 Å². The molecule has 0 spiro atoms. The van der Waals surface area contributed by atoms with E-state index in [1.807, 2.05) is 0 Å². The fourth-order valence-electron chi connectivity index (χ4n) is 3.09. The lowest BCUT2D eigenvalue weighted by Crippen LogP contribution is -2.44. The summed E-state index contributed by atoms with van der Waals surface area (Å²) in [5.41, 5.74) is 0.610. The first kappa shape index (κ1) is 17.6. The minimum absolute atomic E-state index is 0.215. The predicted molar refractivity (Wildman–Crippen MR) is 89.4 cm³/mol.